The Balaban J connectivity index is 1.97. The van der Waals surface area contributed by atoms with E-state index in [2.05, 4.69) is 26.6 Å². The van der Waals surface area contributed by atoms with Crippen molar-refractivity contribution in [2.45, 2.75) is 32.2 Å². The predicted octanol–water partition coefficient (Wildman–Crippen LogP) is 4.41. The molecule has 2 aromatic rings. The molecule has 1 aromatic carbocycles. The van der Waals surface area contributed by atoms with Crippen LogP contribution in [0.1, 0.15) is 30.1 Å². The number of allylic oxidation sites excluding steroid dienone is 1. The zero-order chi connectivity index (χ0) is 22.8. The molecule has 1 saturated carbocycles. The van der Waals surface area contributed by atoms with E-state index in [0.29, 0.717) is 0 Å². The van der Waals surface area contributed by atoms with Crippen LogP contribution in [0.3, 0.4) is 0 Å². The van der Waals surface area contributed by atoms with Gasteiger partial charge in [-0.15, -0.1) is 23.4 Å². The van der Waals surface area contributed by atoms with Crippen LogP contribution in [-0.4, -0.2) is 40.7 Å². The van der Waals surface area contributed by atoms with Crippen LogP contribution >= 0.6 is 0 Å². The molecule has 168 valence electrons. The molecule has 0 spiro atoms. The second-order valence-electron chi connectivity index (χ2n) is 6.75. The van der Waals surface area contributed by atoms with Gasteiger partial charge >= 0.3 is 12.5 Å². The summed E-state index contributed by atoms with van der Waals surface area (Å²) >= 11 is 0. The highest BCUT2D eigenvalue weighted by Gasteiger charge is 2.42. The van der Waals surface area contributed by atoms with Crippen molar-refractivity contribution in [1.82, 2.24) is 14.9 Å². The molecule has 0 amide bonds. The molecule has 0 atom stereocenters. The summed E-state index contributed by atoms with van der Waals surface area (Å²) in [4.78, 5) is 0. The van der Waals surface area contributed by atoms with E-state index in [0.717, 1.165) is 29.7 Å². The van der Waals surface area contributed by atoms with Gasteiger partial charge in [0, 0.05) is 11.6 Å². The van der Waals surface area contributed by atoms with Crippen molar-refractivity contribution in [3.8, 4) is 11.5 Å². The molecule has 1 heterocycles. The van der Waals surface area contributed by atoms with Gasteiger partial charge in [-0.05, 0) is 43.9 Å². The Morgan fingerprint density at radius 1 is 1.26 bits per heavy atom. The summed E-state index contributed by atoms with van der Waals surface area (Å²) in [5.41, 5.74) is 0.214. The largest absolute Gasteiger partial charge is 0.573 e. The first-order valence-corrected chi connectivity index (χ1v) is 9.14. The molecule has 0 aliphatic heterocycles. The van der Waals surface area contributed by atoms with E-state index in [1.165, 1.54) is 26.2 Å². The average Bonchev–Trinajstić information content (AvgIpc) is 3.45. The number of rotatable bonds is 9. The van der Waals surface area contributed by atoms with Crippen LogP contribution in [0.5, 0.6) is 11.5 Å². The summed E-state index contributed by atoms with van der Waals surface area (Å²) in [6.45, 7) is 4.89. The SMILES string of the molecule is C=C/C(=N\n1c(C)nnc1C(F)(F)OCC1CC1)c1ccc(OC(F)(F)F)cc1OC. The zero-order valence-corrected chi connectivity index (χ0v) is 16.6. The van der Waals surface area contributed by atoms with Gasteiger partial charge in [-0.1, -0.05) is 6.58 Å². The van der Waals surface area contributed by atoms with Crippen LogP contribution in [0.25, 0.3) is 0 Å². The van der Waals surface area contributed by atoms with Gasteiger partial charge in [-0.3, -0.25) is 0 Å². The van der Waals surface area contributed by atoms with Crippen LogP contribution < -0.4 is 9.47 Å². The number of ether oxygens (including phenoxy) is 3. The summed E-state index contributed by atoms with van der Waals surface area (Å²) in [6.07, 6.45) is -5.74. The fourth-order valence-electron chi connectivity index (χ4n) is 2.62. The first-order valence-electron chi connectivity index (χ1n) is 9.14. The number of methoxy groups -OCH3 is 1. The van der Waals surface area contributed by atoms with Crippen LogP contribution in [0.2, 0.25) is 0 Å². The van der Waals surface area contributed by atoms with Gasteiger partial charge in [0.2, 0.25) is 0 Å². The molecule has 0 N–H and O–H groups in total. The highest BCUT2D eigenvalue weighted by molar-refractivity contribution is 6.10. The summed E-state index contributed by atoms with van der Waals surface area (Å²) in [5, 5.41) is 11.2. The van der Waals surface area contributed by atoms with Crippen LogP contribution in [0.15, 0.2) is 36.0 Å². The molecule has 1 aliphatic carbocycles. The molecule has 0 saturated heterocycles. The predicted molar refractivity (Wildman–Crippen MR) is 99.1 cm³/mol. The number of aryl methyl sites for hydroxylation is 1. The minimum Gasteiger partial charge on any atom is -0.496 e. The lowest BCUT2D eigenvalue weighted by Gasteiger charge is -2.16. The van der Waals surface area contributed by atoms with E-state index in [-0.39, 0.29) is 35.4 Å². The van der Waals surface area contributed by atoms with Crippen molar-refractivity contribution >= 4 is 5.71 Å². The van der Waals surface area contributed by atoms with Crippen molar-refractivity contribution in [3.05, 3.63) is 48.1 Å². The van der Waals surface area contributed by atoms with Crippen molar-refractivity contribution < 1.29 is 36.2 Å². The van der Waals surface area contributed by atoms with Crippen molar-refractivity contribution in [2.75, 3.05) is 13.7 Å². The van der Waals surface area contributed by atoms with Gasteiger partial charge < -0.3 is 14.2 Å². The van der Waals surface area contributed by atoms with Crippen LogP contribution in [-0.2, 0) is 10.8 Å². The molecule has 1 fully saturated rings. The molecule has 0 unspecified atom stereocenters. The van der Waals surface area contributed by atoms with Gasteiger partial charge in [0.25, 0.3) is 5.82 Å². The Hall–Kier alpha value is -3.02. The van der Waals surface area contributed by atoms with E-state index >= 15 is 0 Å². The Kier molecular flexibility index (Phi) is 6.30. The topological polar surface area (TPSA) is 70.8 Å². The van der Waals surface area contributed by atoms with Gasteiger partial charge in [0.05, 0.1) is 19.4 Å². The Morgan fingerprint density at radius 3 is 2.55 bits per heavy atom. The Labute approximate surface area is 174 Å². The maximum absolute atomic E-state index is 14.5. The number of hydrogen-bond donors (Lipinski definition) is 0. The molecule has 12 heteroatoms. The molecule has 3 rings (SSSR count). The molecule has 1 aliphatic rings. The summed E-state index contributed by atoms with van der Waals surface area (Å²) in [6, 6.07) is 3.27. The first-order chi connectivity index (χ1) is 14.5. The fourth-order valence-corrected chi connectivity index (χ4v) is 2.62. The third kappa shape index (κ3) is 5.57. The molecule has 31 heavy (non-hydrogen) atoms. The van der Waals surface area contributed by atoms with Gasteiger partial charge in [-0.2, -0.15) is 18.6 Å². The second-order valence-corrected chi connectivity index (χ2v) is 6.75. The average molecular weight is 446 g/mol. The Bertz CT molecular complexity index is 983. The maximum atomic E-state index is 14.5. The van der Waals surface area contributed by atoms with E-state index in [9.17, 15) is 22.0 Å². The standard InChI is InChI=1S/C19H19F5N4O3/c1-4-15(14-8-7-13(9-16(14)29-3)31-19(22,23)24)27-28-11(2)25-26-17(28)18(20,21)30-10-12-5-6-12/h4,7-9,12H,1,5-6,10H2,2-3H3/b27-15+. The highest BCUT2D eigenvalue weighted by atomic mass is 19.4. The van der Waals surface area contributed by atoms with Crippen molar-refractivity contribution in [1.29, 1.82) is 0 Å². The number of benzene rings is 1. The fraction of sp³-hybridized carbons (Fsp3) is 0.421. The lowest BCUT2D eigenvalue weighted by molar-refractivity contribution is -0.274. The smallest absolute Gasteiger partial charge is 0.496 e. The van der Waals surface area contributed by atoms with E-state index < -0.39 is 24.0 Å². The number of halogens is 5. The summed E-state index contributed by atoms with van der Waals surface area (Å²) in [5.74, 6) is -1.25. The van der Waals surface area contributed by atoms with Gasteiger partial charge in [-0.25, -0.2) is 0 Å². The number of nitrogens with zero attached hydrogens (tertiary/aromatic N) is 4. The summed E-state index contributed by atoms with van der Waals surface area (Å²) < 4.78 is 81.0. The molecule has 0 radical (unpaired) electrons. The lowest BCUT2D eigenvalue weighted by Crippen LogP contribution is -2.24. The van der Waals surface area contributed by atoms with Crippen LogP contribution in [0, 0.1) is 12.8 Å². The second kappa shape index (κ2) is 8.61. The zero-order valence-electron chi connectivity index (χ0n) is 16.6. The van der Waals surface area contributed by atoms with Crippen LogP contribution in [0.4, 0.5) is 22.0 Å². The number of hydrogen-bond acceptors (Lipinski definition) is 6. The molecular weight excluding hydrogens is 427 g/mol. The molecule has 1 aromatic heterocycles. The summed E-state index contributed by atoms with van der Waals surface area (Å²) in [7, 11) is 1.23. The molecule has 0 bridgehead atoms. The minimum absolute atomic E-state index is 0.0255. The molecule has 7 nitrogen and oxygen atoms in total. The minimum atomic E-state index is -4.89. The van der Waals surface area contributed by atoms with E-state index in [1.807, 2.05) is 0 Å². The van der Waals surface area contributed by atoms with E-state index in [1.54, 1.807) is 0 Å². The molecular formula is C19H19F5N4O3. The van der Waals surface area contributed by atoms with Gasteiger partial charge in [0.15, 0.2) is 5.82 Å². The van der Waals surface area contributed by atoms with Gasteiger partial charge in [0.1, 0.15) is 11.5 Å². The third-order valence-electron chi connectivity index (χ3n) is 4.34. The van der Waals surface area contributed by atoms with E-state index in [4.69, 9.17) is 9.47 Å². The quantitative estimate of drug-likeness (QED) is 0.422. The lowest BCUT2D eigenvalue weighted by atomic mass is 10.1. The first kappa shape index (κ1) is 22.7. The number of alkyl halides is 5. The third-order valence-corrected chi connectivity index (χ3v) is 4.34. The number of aromatic nitrogens is 3. The maximum Gasteiger partial charge on any atom is 0.573 e. The normalized spacial score (nSPS) is 15.1. The highest BCUT2D eigenvalue weighted by Crippen LogP contribution is 2.35. The van der Waals surface area contributed by atoms with Crippen molar-refractivity contribution in [2.24, 2.45) is 11.0 Å². The van der Waals surface area contributed by atoms with Crippen molar-refractivity contribution in [3.63, 3.8) is 0 Å². The Morgan fingerprint density at radius 2 is 1.97 bits per heavy atom. The monoisotopic (exact) mass is 446 g/mol.